The SMILES string of the molecule is CCc1ccc2c(n1)oc1c(-c3ccc(C4CCCC4)c[n+]3C)c(C)ccc12.Cc1ccc2c(n1)oc1c(-c3ccc(C4CCCC4)c[n+]3C)c(C)ccc12.Cc1ccc2c(oc3nc(C(C)C)ccc32)c1-c1ccc(C2CCCC2)c[n+]1C.Cc1ccc2c(oc3nc(CC(C)C)ccc32)c1-c1ccc(C2CCCC2)c[n+]1C. The van der Waals surface area contributed by atoms with E-state index in [0.717, 1.165) is 148 Å². The van der Waals surface area contributed by atoms with Gasteiger partial charge < -0.3 is 17.7 Å². The third-order valence-electron chi connectivity index (χ3n) is 25.7. The Labute approximate surface area is 671 Å². The quantitative estimate of drug-likeness (QED) is 0.111. The summed E-state index contributed by atoms with van der Waals surface area (Å²) < 4.78 is 34.4. The van der Waals surface area contributed by atoms with E-state index < -0.39 is 0 Å². The fraction of sp³-hybridized carbons (Fsp3) is 0.373. The van der Waals surface area contributed by atoms with Gasteiger partial charge in [-0.25, -0.2) is 38.2 Å². The molecule has 4 saturated carbocycles. The molecule has 12 heterocycles. The van der Waals surface area contributed by atoms with Crippen molar-refractivity contribution in [1.82, 2.24) is 19.9 Å². The predicted octanol–water partition coefficient (Wildman–Crippen LogP) is 24.9. The van der Waals surface area contributed by atoms with Crippen LogP contribution in [0.5, 0.6) is 0 Å². The molecule has 20 rings (SSSR count). The van der Waals surface area contributed by atoms with Crippen LogP contribution in [0.3, 0.4) is 0 Å². The van der Waals surface area contributed by atoms with Crippen LogP contribution in [-0.2, 0) is 41.0 Å². The molecule has 580 valence electrons. The second-order valence-electron chi connectivity index (χ2n) is 34.5. The lowest BCUT2D eigenvalue weighted by molar-refractivity contribution is -0.661. The number of nitrogens with zero attached hydrogens (tertiary/aromatic N) is 8. The Morgan fingerprint density at radius 2 is 0.596 bits per heavy atom. The summed E-state index contributed by atoms with van der Waals surface area (Å²) in [6.45, 7) is 21.6. The van der Waals surface area contributed by atoms with Crippen molar-refractivity contribution in [2.24, 2.45) is 34.1 Å². The number of pyridine rings is 8. The summed E-state index contributed by atoms with van der Waals surface area (Å²) >= 11 is 0. The molecular formula is C102H112N8O4+4. The molecule has 0 saturated heterocycles. The van der Waals surface area contributed by atoms with E-state index in [-0.39, 0.29) is 0 Å². The Hall–Kier alpha value is -10.7. The van der Waals surface area contributed by atoms with Gasteiger partial charge in [0, 0.05) is 112 Å². The maximum Gasteiger partial charge on any atom is 0.227 e. The molecule has 0 unspecified atom stereocenters. The van der Waals surface area contributed by atoms with Crippen LogP contribution >= 0.6 is 0 Å². The molecule has 16 aromatic rings. The molecule has 12 aromatic heterocycles. The van der Waals surface area contributed by atoms with Crippen LogP contribution in [0.1, 0.15) is 234 Å². The van der Waals surface area contributed by atoms with Crippen LogP contribution in [0.4, 0.5) is 0 Å². The molecule has 12 heteroatoms. The summed E-state index contributed by atoms with van der Waals surface area (Å²) in [6.07, 6.45) is 32.6. The predicted molar refractivity (Wildman–Crippen MR) is 463 cm³/mol. The van der Waals surface area contributed by atoms with Crippen LogP contribution < -0.4 is 18.3 Å². The summed E-state index contributed by atoms with van der Waals surface area (Å²) in [6, 6.07) is 52.9. The van der Waals surface area contributed by atoms with E-state index in [0.29, 0.717) is 11.8 Å². The first-order valence-electron chi connectivity index (χ1n) is 42.6. The van der Waals surface area contributed by atoms with Gasteiger partial charge in [-0.15, -0.1) is 0 Å². The second-order valence-corrected chi connectivity index (χ2v) is 34.5. The standard InChI is InChI=1S/C27H31N2O.C26H29N2O.C25H27N2O.C24H25N2O/c1-17(2)15-21-11-13-23-22-12-9-18(3)25(26(22)30-27(23)28-21)24-14-10-20(16-29(24)4)19-7-5-6-8-19;1-16(2)22-13-12-21-20-11-9-17(3)24(25(20)29-26(21)27-22)23-14-10-19(15-28(23)4)18-7-5-6-8-18;1-4-19-11-13-21-20-12-9-16(2)23(24(20)28-25(21)26-19)22-14-10-18(15-27(22)3)17-7-5-6-8-17;1-15-8-11-19-20-12-9-16(2)25-24(20)27-23(19)22(15)21-13-10-18(14-26(21)3)17-6-4-5-7-17/h9-14,16-17,19H,5-8,15H2,1-4H3;9-16,18H,5-8H2,1-4H3;9-15,17H,4-8H2,1-3H3;8-14,17H,4-7H2,1-3H3/q4*+1. The Morgan fingerprint density at radius 3 is 0.904 bits per heavy atom. The number of hydrogen-bond acceptors (Lipinski definition) is 8. The van der Waals surface area contributed by atoms with Crippen molar-refractivity contribution in [2.45, 2.75) is 214 Å². The molecule has 4 aromatic carbocycles. The largest absolute Gasteiger partial charge is 0.437 e. The zero-order valence-corrected chi connectivity index (χ0v) is 69.6. The Morgan fingerprint density at radius 1 is 0.316 bits per heavy atom. The summed E-state index contributed by atoms with van der Waals surface area (Å²) in [5.74, 6) is 3.85. The first-order valence-corrected chi connectivity index (χ1v) is 42.6. The number of fused-ring (bicyclic) bond motifs is 12. The smallest absolute Gasteiger partial charge is 0.227 e. The lowest BCUT2D eigenvalue weighted by Crippen LogP contribution is -2.31. The first-order chi connectivity index (χ1) is 55.3. The maximum absolute atomic E-state index is 6.40. The van der Waals surface area contributed by atoms with E-state index in [4.69, 9.17) is 32.6 Å². The third-order valence-corrected chi connectivity index (χ3v) is 25.7. The van der Waals surface area contributed by atoms with Crippen molar-refractivity contribution < 1.29 is 35.9 Å². The highest BCUT2D eigenvalue weighted by atomic mass is 16.4. The molecule has 0 bridgehead atoms. The van der Waals surface area contributed by atoms with Gasteiger partial charge in [0.25, 0.3) is 0 Å². The molecule has 12 nitrogen and oxygen atoms in total. The minimum Gasteiger partial charge on any atom is -0.437 e. The molecule has 114 heavy (non-hydrogen) atoms. The Balaban J connectivity index is 0.000000110. The second kappa shape index (κ2) is 31.9. The van der Waals surface area contributed by atoms with Gasteiger partial charge in [-0.2, -0.15) is 0 Å². The van der Waals surface area contributed by atoms with Crippen molar-refractivity contribution in [3.8, 4) is 45.0 Å². The topological polar surface area (TPSA) is 120 Å². The van der Waals surface area contributed by atoms with Gasteiger partial charge in [0.05, 0.1) is 22.3 Å². The molecule has 4 fully saturated rings. The Kier molecular flexibility index (Phi) is 21.3. The number of benzene rings is 4. The summed E-state index contributed by atoms with van der Waals surface area (Å²) in [7, 11) is 8.62. The number of aromatic nitrogens is 8. The van der Waals surface area contributed by atoms with E-state index in [9.17, 15) is 0 Å². The molecule has 4 aliphatic rings. The zero-order valence-electron chi connectivity index (χ0n) is 69.6. The van der Waals surface area contributed by atoms with Crippen molar-refractivity contribution in [3.05, 3.63) is 238 Å². The van der Waals surface area contributed by atoms with Crippen LogP contribution in [0.25, 0.3) is 133 Å². The van der Waals surface area contributed by atoms with Gasteiger partial charge in [0.1, 0.15) is 28.2 Å². The number of hydrogen-bond donors (Lipinski definition) is 0. The summed E-state index contributed by atoms with van der Waals surface area (Å²) in [5.41, 5.74) is 31.2. The normalized spacial score (nSPS) is 15.2. The number of furan rings is 4. The minimum absolute atomic E-state index is 0.384. The molecular weight excluding hydrogens is 1400 g/mol. The van der Waals surface area contributed by atoms with Crippen LogP contribution in [0.2, 0.25) is 0 Å². The fourth-order valence-electron chi connectivity index (χ4n) is 19.3. The average Bonchev–Trinajstić information content (AvgIpc) is 1.43. The lowest BCUT2D eigenvalue weighted by Gasteiger charge is -2.10. The molecule has 0 amide bonds. The van der Waals surface area contributed by atoms with Gasteiger partial charge in [0.2, 0.25) is 45.6 Å². The monoisotopic (exact) mass is 1510 g/mol. The molecule has 0 spiro atoms. The van der Waals surface area contributed by atoms with Crippen LogP contribution in [0.15, 0.2) is 188 Å². The van der Waals surface area contributed by atoms with E-state index in [1.807, 2.05) is 13.0 Å². The van der Waals surface area contributed by atoms with Gasteiger partial charge in [0.15, 0.2) is 47.1 Å². The molecule has 0 radical (unpaired) electrons. The van der Waals surface area contributed by atoms with Gasteiger partial charge in [-0.3, -0.25) is 0 Å². The average molecular weight is 1510 g/mol. The molecule has 4 aliphatic carbocycles. The van der Waals surface area contributed by atoms with Crippen LogP contribution in [0, 0.1) is 40.5 Å². The van der Waals surface area contributed by atoms with Gasteiger partial charge >= 0.3 is 0 Å². The van der Waals surface area contributed by atoms with Crippen LogP contribution in [-0.4, -0.2) is 19.9 Å². The van der Waals surface area contributed by atoms with E-state index in [1.54, 1.807) is 0 Å². The van der Waals surface area contributed by atoms with E-state index >= 15 is 0 Å². The highest BCUT2D eigenvalue weighted by Crippen LogP contribution is 2.45. The Bertz CT molecular complexity index is 6320. The summed E-state index contributed by atoms with van der Waals surface area (Å²) in [4.78, 5) is 18.9. The highest BCUT2D eigenvalue weighted by Gasteiger charge is 2.31. The highest BCUT2D eigenvalue weighted by molar-refractivity contribution is 6.12. The zero-order chi connectivity index (χ0) is 78.7. The number of aryl methyl sites for hydroxylation is 10. The molecule has 0 N–H and O–H groups in total. The third kappa shape index (κ3) is 14.7. The first kappa shape index (κ1) is 75.9. The van der Waals surface area contributed by atoms with Gasteiger partial charge in [-0.1, -0.05) is 135 Å². The lowest BCUT2D eigenvalue weighted by atomic mass is 9.96. The van der Waals surface area contributed by atoms with Crippen molar-refractivity contribution >= 4 is 88.3 Å². The van der Waals surface area contributed by atoms with Crippen molar-refractivity contribution in [3.63, 3.8) is 0 Å². The maximum atomic E-state index is 6.40. The summed E-state index contributed by atoms with van der Waals surface area (Å²) in [5, 5.41) is 8.95. The number of rotatable bonds is 12. The van der Waals surface area contributed by atoms with Crippen molar-refractivity contribution in [2.75, 3.05) is 0 Å². The van der Waals surface area contributed by atoms with E-state index in [1.165, 1.54) is 192 Å². The molecule has 0 aliphatic heterocycles. The van der Waals surface area contributed by atoms with Gasteiger partial charge in [-0.05, 0) is 229 Å². The molecule has 0 atom stereocenters. The van der Waals surface area contributed by atoms with Crippen molar-refractivity contribution in [1.29, 1.82) is 0 Å². The van der Waals surface area contributed by atoms with E-state index in [2.05, 4.69) is 278 Å². The minimum atomic E-state index is 0.384. The fourth-order valence-corrected chi connectivity index (χ4v) is 19.3.